The molecule has 0 radical (unpaired) electrons. The standard InChI is InChI=1S/C16H15ClO2/c1-18-15-9-10-16(19-2)13(11-15)6-3-12-4-7-14(17)8-5-12/h3-11H,1-2H3/b6-3+. The van der Waals surface area contributed by atoms with Crippen LogP contribution in [0.3, 0.4) is 0 Å². The van der Waals surface area contributed by atoms with Crippen molar-refractivity contribution in [3.63, 3.8) is 0 Å². The predicted octanol–water partition coefficient (Wildman–Crippen LogP) is 4.53. The fourth-order valence-corrected chi connectivity index (χ4v) is 1.86. The maximum atomic E-state index is 5.86. The molecule has 0 aliphatic carbocycles. The molecule has 19 heavy (non-hydrogen) atoms. The van der Waals surface area contributed by atoms with Gasteiger partial charge in [-0.3, -0.25) is 0 Å². The van der Waals surface area contributed by atoms with E-state index in [-0.39, 0.29) is 0 Å². The van der Waals surface area contributed by atoms with Crippen molar-refractivity contribution in [2.24, 2.45) is 0 Å². The molecule has 0 unspecified atom stereocenters. The van der Waals surface area contributed by atoms with Crippen molar-refractivity contribution in [2.75, 3.05) is 14.2 Å². The third-order valence-corrected chi connectivity index (χ3v) is 3.01. The van der Waals surface area contributed by atoms with Crippen LogP contribution in [-0.2, 0) is 0 Å². The number of methoxy groups -OCH3 is 2. The average molecular weight is 275 g/mol. The van der Waals surface area contributed by atoms with Gasteiger partial charge in [0.15, 0.2) is 0 Å². The molecule has 2 aromatic rings. The second kappa shape index (κ2) is 6.30. The van der Waals surface area contributed by atoms with Gasteiger partial charge >= 0.3 is 0 Å². The molecule has 0 heterocycles. The highest BCUT2D eigenvalue weighted by Gasteiger charge is 2.01. The number of rotatable bonds is 4. The van der Waals surface area contributed by atoms with Crippen LogP contribution >= 0.6 is 11.6 Å². The van der Waals surface area contributed by atoms with Crippen LogP contribution in [0.25, 0.3) is 12.2 Å². The van der Waals surface area contributed by atoms with Crippen molar-refractivity contribution in [2.45, 2.75) is 0 Å². The van der Waals surface area contributed by atoms with Crippen LogP contribution in [0.15, 0.2) is 42.5 Å². The molecule has 0 aliphatic rings. The monoisotopic (exact) mass is 274 g/mol. The Bertz CT molecular complexity index is 574. The first-order valence-electron chi connectivity index (χ1n) is 5.88. The third kappa shape index (κ3) is 3.52. The SMILES string of the molecule is COc1ccc(OC)c(/C=C/c2ccc(Cl)cc2)c1. The van der Waals surface area contributed by atoms with E-state index in [2.05, 4.69) is 0 Å². The quantitative estimate of drug-likeness (QED) is 0.763. The van der Waals surface area contributed by atoms with Gasteiger partial charge in [0.05, 0.1) is 14.2 Å². The summed E-state index contributed by atoms with van der Waals surface area (Å²) >= 11 is 5.86. The molecule has 3 heteroatoms. The zero-order valence-electron chi connectivity index (χ0n) is 10.9. The van der Waals surface area contributed by atoms with E-state index in [1.54, 1.807) is 14.2 Å². The van der Waals surface area contributed by atoms with Crippen molar-refractivity contribution in [3.05, 3.63) is 58.6 Å². The number of hydrogen-bond acceptors (Lipinski definition) is 2. The second-order valence-electron chi connectivity index (χ2n) is 3.99. The van der Waals surface area contributed by atoms with Crippen molar-refractivity contribution < 1.29 is 9.47 Å². The van der Waals surface area contributed by atoms with E-state index in [9.17, 15) is 0 Å². The molecule has 98 valence electrons. The lowest BCUT2D eigenvalue weighted by Crippen LogP contribution is -1.89. The predicted molar refractivity (Wildman–Crippen MR) is 79.9 cm³/mol. The van der Waals surface area contributed by atoms with E-state index >= 15 is 0 Å². The molecule has 0 aliphatic heterocycles. The fraction of sp³-hybridized carbons (Fsp3) is 0.125. The molecular formula is C16H15ClO2. The Morgan fingerprint density at radius 3 is 2.26 bits per heavy atom. The minimum absolute atomic E-state index is 0.733. The van der Waals surface area contributed by atoms with Gasteiger partial charge in [-0.15, -0.1) is 0 Å². The highest BCUT2D eigenvalue weighted by Crippen LogP contribution is 2.26. The zero-order valence-corrected chi connectivity index (χ0v) is 11.6. The lowest BCUT2D eigenvalue weighted by atomic mass is 10.1. The first kappa shape index (κ1) is 13.5. The maximum Gasteiger partial charge on any atom is 0.126 e. The molecule has 0 spiro atoms. The lowest BCUT2D eigenvalue weighted by molar-refractivity contribution is 0.402. The van der Waals surface area contributed by atoms with Gasteiger partial charge in [0, 0.05) is 10.6 Å². The van der Waals surface area contributed by atoms with Crippen LogP contribution in [0.1, 0.15) is 11.1 Å². The summed E-state index contributed by atoms with van der Waals surface area (Å²) in [6.07, 6.45) is 4.00. The van der Waals surface area contributed by atoms with E-state index in [1.165, 1.54) is 0 Å². The molecule has 0 saturated heterocycles. The van der Waals surface area contributed by atoms with Gasteiger partial charge in [-0.1, -0.05) is 35.9 Å². The maximum absolute atomic E-state index is 5.86. The summed E-state index contributed by atoms with van der Waals surface area (Å²) in [7, 11) is 3.30. The Balaban J connectivity index is 2.28. The molecule has 0 bridgehead atoms. The van der Waals surface area contributed by atoms with Gasteiger partial charge in [0.25, 0.3) is 0 Å². The second-order valence-corrected chi connectivity index (χ2v) is 4.43. The number of ether oxygens (including phenoxy) is 2. The minimum atomic E-state index is 0.733. The number of benzene rings is 2. The molecule has 0 atom stereocenters. The summed E-state index contributed by atoms with van der Waals surface area (Å²) in [5.74, 6) is 1.61. The first-order chi connectivity index (χ1) is 9.22. The van der Waals surface area contributed by atoms with Crippen molar-refractivity contribution >= 4 is 23.8 Å². The van der Waals surface area contributed by atoms with E-state index in [0.717, 1.165) is 27.6 Å². The molecule has 0 saturated carbocycles. The molecule has 2 rings (SSSR count). The van der Waals surface area contributed by atoms with Crippen LogP contribution in [0.2, 0.25) is 5.02 Å². The fourth-order valence-electron chi connectivity index (χ4n) is 1.73. The van der Waals surface area contributed by atoms with Crippen LogP contribution < -0.4 is 9.47 Å². The first-order valence-corrected chi connectivity index (χ1v) is 6.26. The Morgan fingerprint density at radius 2 is 1.63 bits per heavy atom. The van der Waals surface area contributed by atoms with Gasteiger partial charge in [-0.25, -0.2) is 0 Å². The molecule has 2 aromatic carbocycles. The molecular weight excluding hydrogens is 260 g/mol. The van der Waals surface area contributed by atoms with Crippen molar-refractivity contribution in [3.8, 4) is 11.5 Å². The summed E-state index contributed by atoms with van der Waals surface area (Å²) in [5.41, 5.74) is 2.05. The lowest BCUT2D eigenvalue weighted by Gasteiger charge is -2.07. The Kier molecular flexibility index (Phi) is 4.48. The Labute approximate surface area is 118 Å². The van der Waals surface area contributed by atoms with Gasteiger partial charge in [0.2, 0.25) is 0 Å². The van der Waals surface area contributed by atoms with Crippen LogP contribution in [-0.4, -0.2) is 14.2 Å². The van der Waals surface area contributed by atoms with Crippen molar-refractivity contribution in [1.82, 2.24) is 0 Å². The molecule has 0 fully saturated rings. The normalized spacial score (nSPS) is 10.7. The molecule has 0 amide bonds. The van der Waals surface area contributed by atoms with E-state index in [0.29, 0.717) is 0 Å². The summed E-state index contributed by atoms with van der Waals surface area (Å²) in [6.45, 7) is 0. The van der Waals surface area contributed by atoms with Gasteiger partial charge in [-0.2, -0.15) is 0 Å². The van der Waals surface area contributed by atoms with E-state index < -0.39 is 0 Å². The molecule has 2 nitrogen and oxygen atoms in total. The summed E-state index contributed by atoms with van der Waals surface area (Å²) in [4.78, 5) is 0. The van der Waals surface area contributed by atoms with Gasteiger partial charge in [0.1, 0.15) is 11.5 Å². The van der Waals surface area contributed by atoms with Crippen molar-refractivity contribution in [1.29, 1.82) is 0 Å². The number of hydrogen-bond donors (Lipinski definition) is 0. The average Bonchev–Trinajstić information content (AvgIpc) is 2.46. The van der Waals surface area contributed by atoms with Gasteiger partial charge in [-0.05, 0) is 35.9 Å². The largest absolute Gasteiger partial charge is 0.497 e. The summed E-state index contributed by atoms with van der Waals surface area (Å²) in [6, 6.07) is 13.4. The minimum Gasteiger partial charge on any atom is -0.497 e. The van der Waals surface area contributed by atoms with Gasteiger partial charge < -0.3 is 9.47 Å². The molecule has 0 N–H and O–H groups in total. The summed E-state index contributed by atoms with van der Waals surface area (Å²) in [5, 5.41) is 0.733. The van der Waals surface area contributed by atoms with Crippen LogP contribution in [0.5, 0.6) is 11.5 Å². The third-order valence-electron chi connectivity index (χ3n) is 2.76. The smallest absolute Gasteiger partial charge is 0.126 e. The highest BCUT2D eigenvalue weighted by molar-refractivity contribution is 6.30. The number of halogens is 1. The summed E-state index contributed by atoms with van der Waals surface area (Å²) < 4.78 is 10.5. The molecule has 0 aromatic heterocycles. The van der Waals surface area contributed by atoms with Crippen LogP contribution in [0.4, 0.5) is 0 Å². The zero-order chi connectivity index (χ0) is 13.7. The Hall–Kier alpha value is -1.93. The van der Waals surface area contributed by atoms with E-state index in [1.807, 2.05) is 54.6 Å². The van der Waals surface area contributed by atoms with Crippen LogP contribution in [0, 0.1) is 0 Å². The topological polar surface area (TPSA) is 18.5 Å². The van der Waals surface area contributed by atoms with E-state index in [4.69, 9.17) is 21.1 Å². The highest BCUT2D eigenvalue weighted by atomic mass is 35.5. The Morgan fingerprint density at radius 1 is 0.895 bits per heavy atom.